The van der Waals surface area contributed by atoms with Crippen molar-refractivity contribution >= 4 is 22.4 Å². The number of anilines is 1. The molecular formula is C27H35N3O. The zero-order valence-corrected chi connectivity index (χ0v) is 19.1. The Morgan fingerprint density at radius 3 is 2.45 bits per heavy atom. The molecule has 164 valence electrons. The van der Waals surface area contributed by atoms with Crippen LogP contribution >= 0.6 is 0 Å². The van der Waals surface area contributed by atoms with Crippen LogP contribution in [0.3, 0.4) is 0 Å². The molecule has 0 fully saturated rings. The lowest BCUT2D eigenvalue weighted by Gasteiger charge is -2.19. The summed E-state index contributed by atoms with van der Waals surface area (Å²) in [6.45, 7) is 9.19. The van der Waals surface area contributed by atoms with Gasteiger partial charge in [0.1, 0.15) is 0 Å². The smallest absolute Gasteiger partial charge is 0.252 e. The van der Waals surface area contributed by atoms with Crippen LogP contribution in [0.5, 0.6) is 0 Å². The second kappa shape index (κ2) is 10.5. The summed E-state index contributed by atoms with van der Waals surface area (Å²) in [7, 11) is 0. The quantitative estimate of drug-likeness (QED) is 0.411. The fourth-order valence-electron chi connectivity index (χ4n) is 4.00. The van der Waals surface area contributed by atoms with Gasteiger partial charge in [-0.3, -0.25) is 4.79 Å². The van der Waals surface area contributed by atoms with E-state index in [0.717, 1.165) is 40.4 Å². The maximum atomic E-state index is 13.2. The fourth-order valence-corrected chi connectivity index (χ4v) is 4.00. The Balaban J connectivity index is 2.03. The van der Waals surface area contributed by atoms with E-state index in [9.17, 15) is 4.79 Å². The molecule has 3 rings (SSSR count). The Morgan fingerprint density at radius 1 is 0.968 bits per heavy atom. The van der Waals surface area contributed by atoms with Crippen LogP contribution in [0.2, 0.25) is 0 Å². The summed E-state index contributed by atoms with van der Waals surface area (Å²) in [5.74, 6) is 0.495. The number of nitrogens with one attached hydrogen (secondary N) is 2. The molecule has 2 atom stereocenters. The largest absolute Gasteiger partial charge is 0.383 e. The maximum absolute atomic E-state index is 13.2. The van der Waals surface area contributed by atoms with Gasteiger partial charge in [0.25, 0.3) is 5.91 Å². The Labute approximate surface area is 186 Å². The molecule has 4 heteroatoms. The highest BCUT2D eigenvalue weighted by Crippen LogP contribution is 2.33. The van der Waals surface area contributed by atoms with E-state index in [2.05, 4.69) is 68.7 Å². The van der Waals surface area contributed by atoms with Crippen molar-refractivity contribution in [1.29, 1.82) is 0 Å². The second-order valence-corrected chi connectivity index (χ2v) is 8.84. The zero-order chi connectivity index (χ0) is 22.4. The van der Waals surface area contributed by atoms with Crippen LogP contribution in [-0.2, 0) is 0 Å². The van der Waals surface area contributed by atoms with Gasteiger partial charge in [0.05, 0.1) is 0 Å². The van der Waals surface area contributed by atoms with Gasteiger partial charge in [0.2, 0.25) is 0 Å². The van der Waals surface area contributed by atoms with E-state index in [4.69, 9.17) is 5.73 Å². The predicted molar refractivity (Wildman–Crippen MR) is 133 cm³/mol. The molecule has 0 aliphatic heterocycles. The Kier molecular flexibility index (Phi) is 7.69. The third kappa shape index (κ3) is 5.86. The van der Waals surface area contributed by atoms with Crippen LogP contribution < -0.4 is 16.4 Å². The molecule has 2 unspecified atom stereocenters. The number of rotatable bonds is 9. The van der Waals surface area contributed by atoms with Crippen molar-refractivity contribution < 1.29 is 4.79 Å². The first-order valence-electron chi connectivity index (χ1n) is 11.3. The van der Waals surface area contributed by atoms with Gasteiger partial charge in [-0.05, 0) is 65.8 Å². The van der Waals surface area contributed by atoms with E-state index in [1.807, 2.05) is 30.3 Å². The van der Waals surface area contributed by atoms with Crippen molar-refractivity contribution in [3.05, 3.63) is 66.2 Å². The molecule has 0 bridgehead atoms. The average Bonchev–Trinajstić information content (AvgIpc) is 2.76. The summed E-state index contributed by atoms with van der Waals surface area (Å²) in [6.07, 6.45) is 1.86. The highest BCUT2D eigenvalue weighted by atomic mass is 16.1. The molecule has 0 spiro atoms. The monoisotopic (exact) mass is 417 g/mol. The van der Waals surface area contributed by atoms with Crippen LogP contribution in [0.1, 0.15) is 50.9 Å². The minimum atomic E-state index is -0.0344. The van der Waals surface area contributed by atoms with Crippen LogP contribution in [-0.4, -0.2) is 24.5 Å². The van der Waals surface area contributed by atoms with Gasteiger partial charge in [-0.15, -0.1) is 0 Å². The van der Waals surface area contributed by atoms with Crippen molar-refractivity contribution in [1.82, 2.24) is 5.32 Å². The second-order valence-electron chi connectivity index (χ2n) is 8.84. The first-order valence-corrected chi connectivity index (χ1v) is 11.3. The van der Waals surface area contributed by atoms with Gasteiger partial charge < -0.3 is 16.4 Å². The van der Waals surface area contributed by atoms with Crippen molar-refractivity contribution in [2.75, 3.05) is 11.9 Å². The van der Waals surface area contributed by atoms with Crippen molar-refractivity contribution in [3.8, 4) is 11.1 Å². The summed E-state index contributed by atoms with van der Waals surface area (Å²) in [5.41, 5.74) is 9.74. The molecule has 0 aliphatic rings. The minimum Gasteiger partial charge on any atom is -0.383 e. The zero-order valence-electron chi connectivity index (χ0n) is 19.1. The first kappa shape index (κ1) is 22.8. The Bertz CT molecular complexity index is 1020. The lowest BCUT2D eigenvalue weighted by molar-refractivity contribution is 0.0937. The molecule has 0 saturated carbocycles. The number of carbonyl (C=O) groups excluding carboxylic acids is 1. The van der Waals surface area contributed by atoms with E-state index in [1.165, 1.54) is 0 Å². The van der Waals surface area contributed by atoms with Crippen molar-refractivity contribution in [2.45, 2.75) is 52.6 Å². The normalized spacial score (nSPS) is 13.2. The summed E-state index contributed by atoms with van der Waals surface area (Å²) in [5, 5.41) is 8.91. The molecule has 3 aromatic rings. The van der Waals surface area contributed by atoms with E-state index < -0.39 is 0 Å². The third-order valence-corrected chi connectivity index (χ3v) is 5.64. The molecule has 3 aromatic carbocycles. The van der Waals surface area contributed by atoms with E-state index >= 15 is 0 Å². The molecule has 0 heterocycles. The minimum absolute atomic E-state index is 0.0344. The standard InChI is InChI=1S/C27H35N3O/c1-5-21(28)17-29-22-13-14-25(27(31)30-19(4)15-18(2)3)26(16-22)24-12-8-10-20-9-6-7-11-23(20)24/h6-14,16,18-19,21,29H,5,15,17,28H2,1-4H3,(H,30,31). The Hall–Kier alpha value is -2.85. The number of hydrogen-bond donors (Lipinski definition) is 3. The van der Waals surface area contributed by atoms with Gasteiger partial charge in [0, 0.05) is 29.9 Å². The van der Waals surface area contributed by atoms with Crippen LogP contribution in [0.25, 0.3) is 21.9 Å². The van der Waals surface area contributed by atoms with Crippen molar-refractivity contribution in [2.24, 2.45) is 11.7 Å². The molecule has 0 saturated heterocycles. The fraction of sp³-hybridized carbons (Fsp3) is 0.370. The number of nitrogens with two attached hydrogens (primary N) is 1. The summed E-state index contributed by atoms with van der Waals surface area (Å²) in [4.78, 5) is 13.2. The van der Waals surface area contributed by atoms with Crippen LogP contribution in [0.15, 0.2) is 60.7 Å². The molecular weight excluding hydrogens is 382 g/mol. The molecule has 4 nitrogen and oxygen atoms in total. The average molecular weight is 418 g/mol. The molecule has 4 N–H and O–H groups in total. The molecule has 0 radical (unpaired) electrons. The van der Waals surface area contributed by atoms with E-state index in [-0.39, 0.29) is 18.0 Å². The molecule has 31 heavy (non-hydrogen) atoms. The lowest BCUT2D eigenvalue weighted by atomic mass is 9.93. The SMILES string of the molecule is CCC(N)CNc1ccc(C(=O)NC(C)CC(C)C)c(-c2cccc3ccccc23)c1. The third-order valence-electron chi connectivity index (χ3n) is 5.64. The topological polar surface area (TPSA) is 67.1 Å². The molecule has 0 aliphatic carbocycles. The Morgan fingerprint density at radius 2 is 1.71 bits per heavy atom. The van der Waals surface area contributed by atoms with Gasteiger partial charge in [-0.2, -0.15) is 0 Å². The summed E-state index contributed by atoms with van der Waals surface area (Å²) < 4.78 is 0. The number of hydrogen-bond acceptors (Lipinski definition) is 3. The molecule has 0 aromatic heterocycles. The first-order chi connectivity index (χ1) is 14.9. The van der Waals surface area contributed by atoms with Gasteiger partial charge in [0.15, 0.2) is 0 Å². The number of benzene rings is 3. The summed E-state index contributed by atoms with van der Waals surface area (Å²) >= 11 is 0. The van der Waals surface area contributed by atoms with E-state index in [0.29, 0.717) is 18.0 Å². The number of amides is 1. The van der Waals surface area contributed by atoms with Gasteiger partial charge in [-0.1, -0.05) is 63.2 Å². The van der Waals surface area contributed by atoms with Crippen LogP contribution in [0, 0.1) is 5.92 Å². The predicted octanol–water partition coefficient (Wildman–Crippen LogP) is 5.82. The highest BCUT2D eigenvalue weighted by Gasteiger charge is 2.18. The maximum Gasteiger partial charge on any atom is 0.252 e. The highest BCUT2D eigenvalue weighted by molar-refractivity contribution is 6.06. The van der Waals surface area contributed by atoms with Crippen LogP contribution in [0.4, 0.5) is 5.69 Å². The summed E-state index contributed by atoms with van der Waals surface area (Å²) in [6, 6.07) is 20.7. The van der Waals surface area contributed by atoms with Gasteiger partial charge >= 0.3 is 0 Å². The van der Waals surface area contributed by atoms with Gasteiger partial charge in [-0.25, -0.2) is 0 Å². The van der Waals surface area contributed by atoms with Crippen molar-refractivity contribution in [3.63, 3.8) is 0 Å². The number of fused-ring (bicyclic) bond motifs is 1. The molecule has 1 amide bonds. The number of carbonyl (C=O) groups is 1. The van der Waals surface area contributed by atoms with E-state index in [1.54, 1.807) is 0 Å². The lowest BCUT2D eigenvalue weighted by Crippen LogP contribution is -2.33.